The maximum Gasteiger partial charge on any atom is 0.348 e. The minimum Gasteiger partial charge on any atom is -0.462 e. The van der Waals surface area contributed by atoms with E-state index in [2.05, 4.69) is 16.0 Å². The van der Waals surface area contributed by atoms with E-state index in [-0.39, 0.29) is 11.9 Å². The van der Waals surface area contributed by atoms with E-state index in [1.165, 1.54) is 17.7 Å². The van der Waals surface area contributed by atoms with Gasteiger partial charge in [-0.15, -0.1) is 11.3 Å². The standard InChI is InChI=1S/C15H18N4O2S/c1-5-21-15(20)12-10(3)11-13(17-8-18-14(11)22-12)19(4)7-9(2)6-16/h8-9H,5,7H2,1-4H3. The van der Waals surface area contributed by atoms with Gasteiger partial charge in [-0.1, -0.05) is 0 Å². The molecule has 1 unspecified atom stereocenters. The van der Waals surface area contributed by atoms with Crippen molar-refractivity contribution >= 4 is 33.3 Å². The Morgan fingerprint density at radius 2 is 2.27 bits per heavy atom. The summed E-state index contributed by atoms with van der Waals surface area (Å²) in [6, 6.07) is 2.21. The first-order valence-electron chi connectivity index (χ1n) is 7.01. The first kappa shape index (κ1) is 16.2. The number of aryl methyl sites for hydroxylation is 1. The monoisotopic (exact) mass is 318 g/mol. The quantitative estimate of drug-likeness (QED) is 0.789. The zero-order chi connectivity index (χ0) is 16.3. The number of aromatic nitrogens is 2. The summed E-state index contributed by atoms with van der Waals surface area (Å²) in [6.07, 6.45) is 1.48. The summed E-state index contributed by atoms with van der Waals surface area (Å²) in [7, 11) is 1.89. The summed E-state index contributed by atoms with van der Waals surface area (Å²) >= 11 is 1.31. The van der Waals surface area contributed by atoms with Crippen LogP contribution >= 0.6 is 11.3 Å². The van der Waals surface area contributed by atoms with Crippen LogP contribution < -0.4 is 4.90 Å². The summed E-state index contributed by atoms with van der Waals surface area (Å²) in [6.45, 7) is 6.42. The molecule has 0 bridgehead atoms. The van der Waals surface area contributed by atoms with Crippen molar-refractivity contribution in [2.45, 2.75) is 20.8 Å². The van der Waals surface area contributed by atoms with E-state index in [1.807, 2.05) is 25.8 Å². The summed E-state index contributed by atoms with van der Waals surface area (Å²) in [5.74, 6) is 0.289. The van der Waals surface area contributed by atoms with Gasteiger partial charge in [-0.05, 0) is 26.3 Å². The molecular formula is C15H18N4O2S. The number of esters is 1. The Balaban J connectivity index is 2.49. The SMILES string of the molecule is CCOC(=O)c1sc2ncnc(N(C)CC(C)C#N)c2c1C. The van der Waals surface area contributed by atoms with E-state index >= 15 is 0 Å². The Labute approximate surface area is 133 Å². The average Bonchev–Trinajstić information content (AvgIpc) is 2.84. The van der Waals surface area contributed by atoms with E-state index < -0.39 is 0 Å². The van der Waals surface area contributed by atoms with Crippen LogP contribution in [0.15, 0.2) is 6.33 Å². The lowest BCUT2D eigenvalue weighted by atomic mass is 10.1. The molecule has 0 fully saturated rings. The molecule has 0 aromatic carbocycles. The highest BCUT2D eigenvalue weighted by Crippen LogP contribution is 2.35. The van der Waals surface area contributed by atoms with Crippen LogP contribution in [0.3, 0.4) is 0 Å². The van der Waals surface area contributed by atoms with Crippen molar-refractivity contribution in [3.63, 3.8) is 0 Å². The zero-order valence-corrected chi connectivity index (χ0v) is 13.9. The van der Waals surface area contributed by atoms with Crippen molar-refractivity contribution in [3.05, 3.63) is 16.8 Å². The van der Waals surface area contributed by atoms with Crippen molar-refractivity contribution in [2.75, 3.05) is 25.1 Å². The van der Waals surface area contributed by atoms with E-state index in [4.69, 9.17) is 10.00 Å². The van der Waals surface area contributed by atoms with Gasteiger partial charge >= 0.3 is 5.97 Å². The molecule has 22 heavy (non-hydrogen) atoms. The number of hydrogen-bond donors (Lipinski definition) is 0. The van der Waals surface area contributed by atoms with Crippen LogP contribution in [0, 0.1) is 24.2 Å². The molecule has 2 heterocycles. The van der Waals surface area contributed by atoms with Crippen LogP contribution in [0.25, 0.3) is 10.2 Å². The Kier molecular flexibility index (Phi) is 4.93. The Hall–Kier alpha value is -2.20. The van der Waals surface area contributed by atoms with Crippen molar-refractivity contribution in [1.82, 2.24) is 9.97 Å². The van der Waals surface area contributed by atoms with E-state index in [0.717, 1.165) is 21.6 Å². The highest BCUT2D eigenvalue weighted by Gasteiger charge is 2.21. The number of fused-ring (bicyclic) bond motifs is 1. The third-order valence-corrected chi connectivity index (χ3v) is 4.48. The zero-order valence-electron chi connectivity index (χ0n) is 13.1. The number of thiophene rings is 1. The van der Waals surface area contributed by atoms with Crippen molar-refractivity contribution in [3.8, 4) is 6.07 Å². The Morgan fingerprint density at radius 3 is 2.91 bits per heavy atom. The first-order valence-corrected chi connectivity index (χ1v) is 7.83. The van der Waals surface area contributed by atoms with Crippen LogP contribution in [-0.2, 0) is 4.74 Å². The molecular weight excluding hydrogens is 300 g/mol. The molecule has 0 aliphatic rings. The van der Waals surface area contributed by atoms with Gasteiger partial charge in [0.1, 0.15) is 21.9 Å². The number of rotatable bonds is 5. The summed E-state index contributed by atoms with van der Waals surface area (Å²) in [5.41, 5.74) is 0.825. The number of anilines is 1. The van der Waals surface area contributed by atoms with Crippen molar-refractivity contribution in [2.24, 2.45) is 5.92 Å². The topological polar surface area (TPSA) is 79.1 Å². The van der Waals surface area contributed by atoms with Gasteiger partial charge in [0.15, 0.2) is 0 Å². The molecule has 116 valence electrons. The summed E-state index contributed by atoms with van der Waals surface area (Å²) < 4.78 is 5.09. The van der Waals surface area contributed by atoms with Crippen LogP contribution in [-0.4, -0.2) is 36.1 Å². The minimum atomic E-state index is -0.331. The van der Waals surface area contributed by atoms with Gasteiger partial charge in [0, 0.05) is 13.6 Å². The number of hydrogen-bond acceptors (Lipinski definition) is 7. The fourth-order valence-electron chi connectivity index (χ4n) is 2.27. The second-order valence-corrected chi connectivity index (χ2v) is 6.06. The van der Waals surface area contributed by atoms with Crippen molar-refractivity contribution in [1.29, 1.82) is 5.26 Å². The fourth-order valence-corrected chi connectivity index (χ4v) is 3.31. The summed E-state index contributed by atoms with van der Waals surface area (Å²) in [4.78, 5) is 23.8. The molecule has 2 rings (SSSR count). The van der Waals surface area contributed by atoms with E-state index in [9.17, 15) is 4.79 Å². The third kappa shape index (κ3) is 3.02. The molecule has 0 spiro atoms. The maximum absolute atomic E-state index is 12.0. The van der Waals surface area contributed by atoms with Gasteiger partial charge in [-0.3, -0.25) is 0 Å². The fraction of sp³-hybridized carbons (Fsp3) is 0.467. The normalized spacial score (nSPS) is 12.0. The first-order chi connectivity index (χ1) is 10.5. The second kappa shape index (κ2) is 6.71. The largest absolute Gasteiger partial charge is 0.462 e. The van der Waals surface area contributed by atoms with Gasteiger partial charge in [0.2, 0.25) is 0 Å². The van der Waals surface area contributed by atoms with Crippen molar-refractivity contribution < 1.29 is 9.53 Å². The highest BCUT2D eigenvalue weighted by molar-refractivity contribution is 7.20. The van der Waals surface area contributed by atoms with Crippen LogP contribution in [0.2, 0.25) is 0 Å². The van der Waals surface area contributed by atoms with E-state index in [1.54, 1.807) is 6.92 Å². The lowest BCUT2D eigenvalue weighted by Gasteiger charge is -2.20. The molecule has 2 aromatic rings. The smallest absolute Gasteiger partial charge is 0.348 e. The average molecular weight is 318 g/mol. The number of nitrogens with zero attached hydrogens (tertiary/aromatic N) is 4. The number of ether oxygens (including phenoxy) is 1. The Morgan fingerprint density at radius 1 is 1.55 bits per heavy atom. The second-order valence-electron chi connectivity index (χ2n) is 5.06. The maximum atomic E-state index is 12.0. The molecule has 6 nitrogen and oxygen atoms in total. The van der Waals surface area contributed by atoms with Crippen LogP contribution in [0.4, 0.5) is 5.82 Å². The number of carbonyl (C=O) groups is 1. The molecule has 0 N–H and O–H groups in total. The lowest BCUT2D eigenvalue weighted by molar-refractivity contribution is 0.0531. The Bertz CT molecular complexity index is 735. The lowest BCUT2D eigenvalue weighted by Crippen LogP contribution is -2.24. The minimum absolute atomic E-state index is 0.113. The molecule has 0 aliphatic heterocycles. The molecule has 0 saturated heterocycles. The molecule has 2 aromatic heterocycles. The van der Waals surface area contributed by atoms with Crippen LogP contribution in [0.1, 0.15) is 29.1 Å². The van der Waals surface area contributed by atoms with Crippen LogP contribution in [0.5, 0.6) is 0 Å². The van der Waals surface area contributed by atoms with Gasteiger partial charge in [-0.2, -0.15) is 5.26 Å². The van der Waals surface area contributed by atoms with E-state index in [0.29, 0.717) is 18.0 Å². The van der Waals surface area contributed by atoms with Gasteiger partial charge < -0.3 is 9.64 Å². The predicted molar refractivity (Wildman–Crippen MR) is 86.2 cm³/mol. The highest BCUT2D eigenvalue weighted by atomic mass is 32.1. The predicted octanol–water partition coefficient (Wildman–Crippen LogP) is 2.77. The number of nitriles is 1. The molecule has 1 atom stereocenters. The molecule has 7 heteroatoms. The molecule has 0 aliphatic carbocycles. The third-order valence-electron chi connectivity index (χ3n) is 3.30. The van der Waals surface area contributed by atoms with Gasteiger partial charge in [-0.25, -0.2) is 14.8 Å². The molecule has 0 saturated carbocycles. The molecule has 0 radical (unpaired) electrons. The van der Waals surface area contributed by atoms with Gasteiger partial charge in [0.05, 0.1) is 24.0 Å². The van der Waals surface area contributed by atoms with Gasteiger partial charge in [0.25, 0.3) is 0 Å². The number of carbonyl (C=O) groups excluding carboxylic acids is 1. The molecule has 0 amide bonds. The summed E-state index contributed by atoms with van der Waals surface area (Å²) in [5, 5.41) is 9.82.